The fourth-order valence-electron chi connectivity index (χ4n) is 2.92. The van der Waals surface area contributed by atoms with Gasteiger partial charge in [-0.3, -0.25) is 0 Å². The van der Waals surface area contributed by atoms with E-state index in [0.29, 0.717) is 43.5 Å². The highest BCUT2D eigenvalue weighted by Gasteiger charge is 2.18. The van der Waals surface area contributed by atoms with Crippen LogP contribution < -0.4 is 14.8 Å². The molecule has 0 radical (unpaired) electrons. The van der Waals surface area contributed by atoms with Crippen LogP contribution in [0.1, 0.15) is 11.3 Å². The summed E-state index contributed by atoms with van der Waals surface area (Å²) in [6.45, 7) is 1.88. The summed E-state index contributed by atoms with van der Waals surface area (Å²) in [5, 5.41) is 2.93. The first-order chi connectivity index (χ1) is 13.3. The summed E-state index contributed by atoms with van der Waals surface area (Å²) in [6, 6.07) is 18.7. The first-order valence-electron chi connectivity index (χ1n) is 8.80. The number of nitrogens with one attached hydrogen (secondary N) is 1. The van der Waals surface area contributed by atoms with Gasteiger partial charge >= 0.3 is 6.03 Å². The van der Waals surface area contributed by atoms with Crippen LogP contribution in [0.2, 0.25) is 0 Å². The van der Waals surface area contributed by atoms with E-state index < -0.39 is 0 Å². The van der Waals surface area contributed by atoms with Gasteiger partial charge in [-0.25, -0.2) is 4.79 Å². The standard InChI is InChI=1S/C21H20N2O4/c24-21(22-17-8-9-19-20(13-17)27-12-11-26-19)23(15-18-7-4-10-25-18)14-16-5-2-1-3-6-16/h1-10,13H,11-12,14-15H2,(H,22,24). The first kappa shape index (κ1) is 17.0. The SMILES string of the molecule is O=C(Nc1ccc2c(c1)OCCO2)N(Cc1ccccc1)Cc1ccco1. The molecule has 1 N–H and O–H groups in total. The van der Waals surface area contributed by atoms with E-state index in [4.69, 9.17) is 13.9 Å². The molecule has 0 atom stereocenters. The number of urea groups is 1. The Hall–Kier alpha value is -3.41. The molecule has 0 saturated carbocycles. The number of ether oxygens (including phenoxy) is 2. The van der Waals surface area contributed by atoms with Crippen LogP contribution in [-0.2, 0) is 13.1 Å². The van der Waals surface area contributed by atoms with Gasteiger partial charge < -0.3 is 24.1 Å². The molecule has 0 saturated heterocycles. The lowest BCUT2D eigenvalue weighted by Gasteiger charge is -2.23. The van der Waals surface area contributed by atoms with E-state index in [1.54, 1.807) is 29.4 Å². The van der Waals surface area contributed by atoms with Gasteiger partial charge in [0.2, 0.25) is 0 Å². The van der Waals surface area contributed by atoms with Crippen molar-refractivity contribution in [2.45, 2.75) is 13.1 Å². The summed E-state index contributed by atoms with van der Waals surface area (Å²) in [4.78, 5) is 14.6. The Kier molecular flexibility index (Phi) is 4.96. The van der Waals surface area contributed by atoms with E-state index >= 15 is 0 Å². The quantitative estimate of drug-likeness (QED) is 0.734. The van der Waals surface area contributed by atoms with Gasteiger partial charge in [0.15, 0.2) is 11.5 Å². The maximum Gasteiger partial charge on any atom is 0.322 e. The molecule has 6 nitrogen and oxygen atoms in total. The molecule has 138 valence electrons. The second kappa shape index (κ2) is 7.86. The molecule has 0 unspecified atom stereocenters. The lowest BCUT2D eigenvalue weighted by Crippen LogP contribution is -2.34. The van der Waals surface area contributed by atoms with Crippen LogP contribution >= 0.6 is 0 Å². The van der Waals surface area contributed by atoms with Gasteiger partial charge in [-0.15, -0.1) is 0 Å². The topological polar surface area (TPSA) is 63.9 Å². The van der Waals surface area contributed by atoms with Crippen LogP contribution in [0.3, 0.4) is 0 Å². The minimum Gasteiger partial charge on any atom is -0.486 e. The molecular formula is C21H20N2O4. The Morgan fingerprint density at radius 2 is 1.74 bits per heavy atom. The van der Waals surface area contributed by atoms with Crippen LogP contribution in [0.4, 0.5) is 10.5 Å². The Morgan fingerprint density at radius 1 is 0.926 bits per heavy atom. The summed E-state index contributed by atoms with van der Waals surface area (Å²) >= 11 is 0. The molecule has 2 amide bonds. The number of hydrogen-bond acceptors (Lipinski definition) is 4. The number of anilines is 1. The number of benzene rings is 2. The molecule has 4 rings (SSSR count). The van der Waals surface area contributed by atoms with Crippen molar-refractivity contribution in [3.05, 3.63) is 78.3 Å². The van der Waals surface area contributed by atoms with Gasteiger partial charge in [0.1, 0.15) is 19.0 Å². The zero-order chi connectivity index (χ0) is 18.5. The van der Waals surface area contributed by atoms with Gasteiger partial charge in [-0.2, -0.15) is 0 Å². The number of rotatable bonds is 5. The molecule has 1 aromatic heterocycles. The van der Waals surface area contributed by atoms with Crippen molar-refractivity contribution in [1.82, 2.24) is 4.90 Å². The van der Waals surface area contributed by atoms with Crippen molar-refractivity contribution in [1.29, 1.82) is 0 Å². The highest BCUT2D eigenvalue weighted by molar-refractivity contribution is 5.89. The smallest absolute Gasteiger partial charge is 0.322 e. The molecule has 2 heterocycles. The Bertz CT molecular complexity index is 894. The molecule has 0 spiro atoms. The monoisotopic (exact) mass is 364 g/mol. The number of carbonyl (C=O) groups excluding carboxylic acids is 1. The van der Waals surface area contributed by atoms with Crippen molar-refractivity contribution < 1.29 is 18.7 Å². The lowest BCUT2D eigenvalue weighted by atomic mass is 10.2. The lowest BCUT2D eigenvalue weighted by molar-refractivity contribution is 0.171. The summed E-state index contributed by atoms with van der Waals surface area (Å²) in [5.74, 6) is 2.05. The van der Waals surface area contributed by atoms with Crippen molar-refractivity contribution in [3.8, 4) is 11.5 Å². The number of amides is 2. The van der Waals surface area contributed by atoms with Crippen molar-refractivity contribution in [2.75, 3.05) is 18.5 Å². The normalized spacial score (nSPS) is 12.4. The van der Waals surface area contributed by atoms with Gasteiger partial charge in [0.05, 0.1) is 12.8 Å². The first-order valence-corrected chi connectivity index (χ1v) is 8.80. The summed E-state index contributed by atoms with van der Waals surface area (Å²) in [6.07, 6.45) is 1.61. The van der Waals surface area contributed by atoms with E-state index in [-0.39, 0.29) is 6.03 Å². The molecule has 27 heavy (non-hydrogen) atoms. The van der Waals surface area contributed by atoms with E-state index in [2.05, 4.69) is 5.32 Å². The van der Waals surface area contributed by atoms with Crippen molar-refractivity contribution >= 4 is 11.7 Å². The summed E-state index contributed by atoms with van der Waals surface area (Å²) < 4.78 is 16.5. The maximum atomic E-state index is 12.9. The van der Waals surface area contributed by atoms with Crippen LogP contribution in [0.25, 0.3) is 0 Å². The highest BCUT2D eigenvalue weighted by atomic mass is 16.6. The second-order valence-electron chi connectivity index (χ2n) is 6.21. The Labute approximate surface area is 157 Å². The van der Waals surface area contributed by atoms with Crippen LogP contribution in [0, 0.1) is 0 Å². The van der Waals surface area contributed by atoms with Gasteiger partial charge in [-0.1, -0.05) is 30.3 Å². The van der Waals surface area contributed by atoms with E-state index in [9.17, 15) is 4.79 Å². The van der Waals surface area contributed by atoms with Gasteiger partial charge in [0.25, 0.3) is 0 Å². The summed E-state index contributed by atoms with van der Waals surface area (Å²) in [7, 11) is 0. The Balaban J connectivity index is 1.51. The zero-order valence-corrected chi connectivity index (χ0v) is 14.8. The van der Waals surface area contributed by atoms with E-state index in [0.717, 1.165) is 11.3 Å². The summed E-state index contributed by atoms with van der Waals surface area (Å²) in [5.41, 5.74) is 1.70. The second-order valence-corrected chi connectivity index (χ2v) is 6.21. The number of furan rings is 1. The van der Waals surface area contributed by atoms with E-state index in [1.165, 1.54) is 0 Å². The van der Waals surface area contributed by atoms with Gasteiger partial charge in [-0.05, 0) is 29.8 Å². The van der Waals surface area contributed by atoms with Crippen LogP contribution in [0.15, 0.2) is 71.3 Å². The third-order valence-electron chi connectivity index (χ3n) is 4.22. The minimum absolute atomic E-state index is 0.216. The van der Waals surface area contributed by atoms with Crippen molar-refractivity contribution in [3.63, 3.8) is 0 Å². The van der Waals surface area contributed by atoms with Crippen LogP contribution in [-0.4, -0.2) is 24.1 Å². The average molecular weight is 364 g/mol. The third kappa shape index (κ3) is 4.23. The predicted molar refractivity (Wildman–Crippen MR) is 101 cm³/mol. The van der Waals surface area contributed by atoms with Crippen LogP contribution in [0.5, 0.6) is 11.5 Å². The zero-order valence-electron chi connectivity index (χ0n) is 14.8. The molecule has 0 fully saturated rings. The largest absolute Gasteiger partial charge is 0.486 e. The van der Waals surface area contributed by atoms with Crippen molar-refractivity contribution in [2.24, 2.45) is 0 Å². The number of hydrogen-bond donors (Lipinski definition) is 1. The average Bonchev–Trinajstić information content (AvgIpc) is 3.21. The number of carbonyl (C=O) groups is 1. The predicted octanol–water partition coefficient (Wildman–Crippen LogP) is 4.29. The maximum absolute atomic E-state index is 12.9. The Morgan fingerprint density at radius 3 is 2.52 bits per heavy atom. The molecule has 1 aliphatic rings. The number of nitrogens with zero attached hydrogens (tertiary/aromatic N) is 1. The molecule has 2 aromatic carbocycles. The highest BCUT2D eigenvalue weighted by Crippen LogP contribution is 2.32. The molecule has 6 heteroatoms. The molecule has 1 aliphatic heterocycles. The third-order valence-corrected chi connectivity index (χ3v) is 4.22. The fraction of sp³-hybridized carbons (Fsp3) is 0.190. The number of fused-ring (bicyclic) bond motifs is 1. The molecular weight excluding hydrogens is 344 g/mol. The molecule has 0 aliphatic carbocycles. The molecule has 3 aromatic rings. The molecule has 0 bridgehead atoms. The fourth-order valence-corrected chi connectivity index (χ4v) is 2.92. The minimum atomic E-state index is -0.216. The van der Waals surface area contributed by atoms with Gasteiger partial charge in [0, 0.05) is 18.3 Å². The van der Waals surface area contributed by atoms with E-state index in [1.807, 2.05) is 42.5 Å².